The van der Waals surface area contributed by atoms with Crippen molar-refractivity contribution in [1.29, 1.82) is 0 Å². The number of nitrogens with one attached hydrogen (secondary N) is 2. The molecule has 0 spiro atoms. The zero-order chi connectivity index (χ0) is 14.8. The van der Waals surface area contributed by atoms with Crippen LogP contribution < -0.4 is 0 Å². The molecule has 0 amide bonds. The van der Waals surface area contributed by atoms with Crippen molar-refractivity contribution < 1.29 is 36.9 Å². The summed E-state index contributed by atoms with van der Waals surface area (Å²) in [6.45, 7) is 0. The van der Waals surface area contributed by atoms with Gasteiger partial charge in [-0.25, -0.2) is 19.6 Å². The first-order valence-electron chi connectivity index (χ1n) is 5.37. The predicted octanol–water partition coefficient (Wildman–Crippen LogP) is 1.01. The van der Waals surface area contributed by atoms with Crippen molar-refractivity contribution in [3.8, 4) is 0 Å². The molecule has 2 rings (SSSR count). The fraction of sp³-hybridized carbons (Fsp3) is 0. The van der Waals surface area contributed by atoms with Gasteiger partial charge in [-0.3, -0.25) is 0 Å². The molecule has 0 saturated heterocycles. The van der Waals surface area contributed by atoms with Gasteiger partial charge in [-0.1, -0.05) is 0 Å². The summed E-state index contributed by atoms with van der Waals surface area (Å²) in [6, 6.07) is 0. The smallest absolute Gasteiger partial charge is 0.328 e. The average molecular weight is 331 g/mol. The molecule has 0 saturated carbocycles. The summed E-state index contributed by atoms with van der Waals surface area (Å²) in [4.78, 5) is 32.9. The van der Waals surface area contributed by atoms with Crippen molar-refractivity contribution in [3.63, 3.8) is 0 Å². The van der Waals surface area contributed by atoms with E-state index in [9.17, 15) is 9.59 Å². The minimum atomic E-state index is -0.969. The first-order chi connectivity index (χ1) is 9.58. The topological polar surface area (TPSA) is 132 Å². The third-order valence-electron chi connectivity index (χ3n) is 1.83. The van der Waals surface area contributed by atoms with Gasteiger partial charge in [0, 0.05) is 41.6 Å². The van der Waals surface area contributed by atoms with E-state index in [2.05, 4.69) is 19.9 Å². The Bertz CT molecular complexity index is 537. The van der Waals surface area contributed by atoms with Crippen LogP contribution in [0.2, 0.25) is 0 Å². The molecule has 0 bridgehead atoms. The maximum atomic E-state index is 9.97. The molecule has 0 aliphatic heterocycles. The van der Waals surface area contributed by atoms with Crippen LogP contribution in [0.15, 0.2) is 37.2 Å². The van der Waals surface area contributed by atoms with E-state index in [0.29, 0.717) is 11.4 Å². The van der Waals surface area contributed by atoms with Crippen molar-refractivity contribution in [2.45, 2.75) is 0 Å². The number of carbonyl (C=O) groups is 2. The molecule has 21 heavy (non-hydrogen) atoms. The van der Waals surface area contributed by atoms with E-state index in [1.165, 1.54) is 24.8 Å². The number of rotatable bonds is 4. The summed E-state index contributed by atoms with van der Waals surface area (Å²) in [5, 5.41) is 16.4. The van der Waals surface area contributed by atoms with Crippen molar-refractivity contribution >= 4 is 24.1 Å². The first-order valence-corrected chi connectivity index (χ1v) is 5.37. The van der Waals surface area contributed by atoms with Crippen molar-refractivity contribution in [2.75, 3.05) is 0 Å². The fourth-order valence-electron chi connectivity index (χ4n) is 1.04. The van der Waals surface area contributed by atoms with Crippen LogP contribution in [0, 0.1) is 0 Å². The first kappa shape index (κ1) is 18.4. The third kappa shape index (κ3) is 8.98. The van der Waals surface area contributed by atoms with Gasteiger partial charge in [0.05, 0.1) is 24.0 Å². The molecule has 2 aromatic rings. The number of nitrogens with zero attached hydrogens (tertiary/aromatic N) is 2. The molecule has 8 nitrogen and oxygen atoms in total. The number of carboxylic acid groups (broad SMARTS) is 2. The van der Waals surface area contributed by atoms with Crippen molar-refractivity contribution in [1.82, 2.24) is 19.9 Å². The van der Waals surface area contributed by atoms with Crippen molar-refractivity contribution in [2.24, 2.45) is 0 Å². The zero-order valence-corrected chi connectivity index (χ0v) is 11.8. The minimum Gasteiger partial charge on any atom is -0.478 e. The van der Waals surface area contributed by atoms with E-state index in [1.54, 1.807) is 12.4 Å². The summed E-state index contributed by atoms with van der Waals surface area (Å²) >= 11 is 0. The second kappa shape index (κ2) is 10.2. The number of aliphatic carboxylic acids is 2. The Kier molecular flexibility index (Phi) is 8.90. The number of imidazole rings is 2. The number of hydrogen-bond donors (Lipinski definition) is 4. The standard InChI is InChI=1S/2C6H6N2O2.Mn/c2*9-6(10)2-1-5-3-7-4-8-5;/h2*1-4H,(H,7,8)(H,9,10);. The van der Waals surface area contributed by atoms with E-state index >= 15 is 0 Å². The van der Waals surface area contributed by atoms with Gasteiger partial charge in [0.15, 0.2) is 0 Å². The molecule has 2 heterocycles. The number of hydrogen-bond acceptors (Lipinski definition) is 4. The second-order valence-electron chi connectivity index (χ2n) is 3.33. The Hall–Kier alpha value is -2.64. The molecule has 9 heteroatoms. The molecule has 111 valence electrons. The molecule has 0 unspecified atom stereocenters. The van der Waals surface area contributed by atoms with Gasteiger partial charge in [0.25, 0.3) is 0 Å². The van der Waals surface area contributed by atoms with Crippen LogP contribution in [0.25, 0.3) is 12.2 Å². The van der Waals surface area contributed by atoms with Crippen LogP contribution >= 0.6 is 0 Å². The molecule has 2 aromatic heterocycles. The molecule has 0 atom stereocenters. The van der Waals surface area contributed by atoms with Gasteiger partial charge < -0.3 is 20.2 Å². The van der Waals surface area contributed by atoms with Gasteiger partial charge in [-0.15, -0.1) is 0 Å². The van der Waals surface area contributed by atoms with Gasteiger partial charge >= 0.3 is 11.9 Å². The molecular weight excluding hydrogens is 319 g/mol. The molecule has 0 aromatic carbocycles. The Balaban J connectivity index is 0.000000364. The Labute approximate surface area is 130 Å². The Morgan fingerprint density at radius 3 is 1.52 bits per heavy atom. The summed E-state index contributed by atoms with van der Waals surface area (Å²) in [5.41, 5.74) is 1.23. The van der Waals surface area contributed by atoms with Crippen LogP contribution in [0.1, 0.15) is 11.4 Å². The second-order valence-corrected chi connectivity index (χ2v) is 3.33. The van der Waals surface area contributed by atoms with E-state index in [1.807, 2.05) is 0 Å². The zero-order valence-electron chi connectivity index (χ0n) is 10.6. The molecule has 0 fully saturated rings. The number of H-pyrrole nitrogens is 2. The number of aromatic amines is 2. The van der Waals surface area contributed by atoms with Gasteiger partial charge in [-0.2, -0.15) is 0 Å². The third-order valence-corrected chi connectivity index (χ3v) is 1.83. The summed E-state index contributed by atoms with van der Waals surface area (Å²) in [7, 11) is 0. The van der Waals surface area contributed by atoms with E-state index in [0.717, 1.165) is 12.2 Å². The van der Waals surface area contributed by atoms with E-state index in [4.69, 9.17) is 10.2 Å². The van der Waals surface area contributed by atoms with Crippen LogP contribution in [-0.2, 0) is 26.7 Å². The van der Waals surface area contributed by atoms with Gasteiger partial charge in [-0.05, 0) is 12.2 Å². The Morgan fingerprint density at radius 1 is 0.905 bits per heavy atom. The fourth-order valence-corrected chi connectivity index (χ4v) is 1.04. The quantitative estimate of drug-likeness (QED) is 0.488. The largest absolute Gasteiger partial charge is 0.478 e. The molecule has 0 aliphatic rings. The van der Waals surface area contributed by atoms with E-state index < -0.39 is 11.9 Å². The van der Waals surface area contributed by atoms with E-state index in [-0.39, 0.29) is 17.1 Å². The number of aromatic nitrogens is 4. The maximum Gasteiger partial charge on any atom is 0.328 e. The monoisotopic (exact) mass is 331 g/mol. The van der Waals surface area contributed by atoms with Crippen LogP contribution in [0.3, 0.4) is 0 Å². The molecular formula is C12H12MnN4O4. The summed E-state index contributed by atoms with van der Waals surface area (Å²) < 4.78 is 0. The van der Waals surface area contributed by atoms with Gasteiger partial charge in [0.2, 0.25) is 0 Å². The maximum absolute atomic E-state index is 9.97. The minimum absolute atomic E-state index is 0. The molecule has 1 radical (unpaired) electrons. The van der Waals surface area contributed by atoms with Gasteiger partial charge in [0.1, 0.15) is 0 Å². The summed E-state index contributed by atoms with van der Waals surface area (Å²) in [6.07, 6.45) is 11.1. The molecule has 0 aliphatic carbocycles. The predicted molar refractivity (Wildman–Crippen MR) is 70.5 cm³/mol. The SMILES string of the molecule is O=C(O)C=Cc1c[nH]cn1.O=C(O)C=Cc1c[nH]cn1.[Mn]. The number of carboxylic acids is 2. The van der Waals surface area contributed by atoms with Crippen LogP contribution in [-0.4, -0.2) is 42.1 Å². The van der Waals surface area contributed by atoms with Crippen LogP contribution in [0.4, 0.5) is 0 Å². The molecule has 4 N–H and O–H groups in total. The van der Waals surface area contributed by atoms with Crippen molar-refractivity contribution in [3.05, 3.63) is 48.6 Å². The average Bonchev–Trinajstić information content (AvgIpc) is 3.08. The Morgan fingerprint density at radius 2 is 1.29 bits per heavy atom. The van der Waals surface area contributed by atoms with Crippen LogP contribution in [0.5, 0.6) is 0 Å². The summed E-state index contributed by atoms with van der Waals surface area (Å²) in [5.74, 6) is -1.94. The normalized spacial score (nSPS) is 9.90.